The van der Waals surface area contributed by atoms with E-state index in [0.717, 1.165) is 12.1 Å². The third kappa shape index (κ3) is 2.42. The molecule has 0 saturated carbocycles. The Bertz CT molecular complexity index is 1050. The molecule has 0 bridgehead atoms. The van der Waals surface area contributed by atoms with Gasteiger partial charge in [0.1, 0.15) is 0 Å². The van der Waals surface area contributed by atoms with E-state index in [-0.39, 0.29) is 22.0 Å². The number of hydrogen-bond acceptors (Lipinski definition) is 5. The number of benzene rings is 2. The summed E-state index contributed by atoms with van der Waals surface area (Å²) in [6.45, 7) is 0. The van der Waals surface area contributed by atoms with E-state index in [1.165, 1.54) is 24.3 Å². The SMILES string of the molecule is O=C(c1ccc([N+](=O)[O-])cc1)n1[nH]c(=O)c2ccccc2c1=O. The normalized spacial score (nSPS) is 10.6. The molecule has 1 heterocycles. The summed E-state index contributed by atoms with van der Waals surface area (Å²) in [5.74, 6) is -0.771. The lowest BCUT2D eigenvalue weighted by molar-refractivity contribution is -0.384. The Morgan fingerprint density at radius 3 is 2.22 bits per heavy atom. The molecule has 3 aromatic rings. The maximum atomic E-state index is 12.4. The van der Waals surface area contributed by atoms with Crippen LogP contribution in [0.4, 0.5) is 5.69 Å². The van der Waals surface area contributed by atoms with E-state index in [1.54, 1.807) is 12.1 Å². The van der Waals surface area contributed by atoms with Crippen LogP contribution in [0.15, 0.2) is 58.1 Å². The summed E-state index contributed by atoms with van der Waals surface area (Å²) in [5.41, 5.74) is -1.37. The molecule has 1 aromatic heterocycles. The van der Waals surface area contributed by atoms with Gasteiger partial charge in [-0.3, -0.25) is 29.6 Å². The summed E-state index contributed by atoms with van der Waals surface area (Å²) < 4.78 is 0.603. The summed E-state index contributed by atoms with van der Waals surface area (Å²) in [6, 6.07) is 10.9. The molecule has 0 aliphatic carbocycles. The molecule has 0 amide bonds. The second-order valence-electron chi connectivity index (χ2n) is 4.74. The fraction of sp³-hybridized carbons (Fsp3) is 0. The van der Waals surface area contributed by atoms with Gasteiger partial charge in [0.05, 0.1) is 15.7 Å². The van der Waals surface area contributed by atoms with Crippen LogP contribution in [0.1, 0.15) is 10.4 Å². The third-order valence-electron chi connectivity index (χ3n) is 3.35. The summed E-state index contributed by atoms with van der Waals surface area (Å²) in [7, 11) is 0. The molecule has 23 heavy (non-hydrogen) atoms. The number of nitro groups is 1. The molecule has 0 aliphatic rings. The van der Waals surface area contributed by atoms with Gasteiger partial charge in [-0.25, -0.2) is 0 Å². The van der Waals surface area contributed by atoms with Gasteiger partial charge < -0.3 is 0 Å². The van der Waals surface area contributed by atoms with Crippen molar-refractivity contribution in [3.63, 3.8) is 0 Å². The number of carbonyl (C=O) groups excluding carboxylic acids is 1. The predicted molar refractivity (Wildman–Crippen MR) is 81.7 cm³/mol. The van der Waals surface area contributed by atoms with E-state index in [2.05, 4.69) is 5.10 Å². The van der Waals surface area contributed by atoms with Crippen LogP contribution in [0.25, 0.3) is 10.8 Å². The number of rotatable bonds is 2. The van der Waals surface area contributed by atoms with E-state index < -0.39 is 21.9 Å². The monoisotopic (exact) mass is 311 g/mol. The van der Waals surface area contributed by atoms with Gasteiger partial charge in [-0.2, -0.15) is 4.68 Å². The maximum absolute atomic E-state index is 12.4. The van der Waals surface area contributed by atoms with Crippen molar-refractivity contribution < 1.29 is 9.72 Å². The zero-order chi connectivity index (χ0) is 16.6. The van der Waals surface area contributed by atoms with E-state index in [1.807, 2.05) is 0 Å². The number of hydrogen-bond donors (Lipinski definition) is 1. The zero-order valence-electron chi connectivity index (χ0n) is 11.6. The van der Waals surface area contributed by atoms with Gasteiger partial charge >= 0.3 is 0 Å². The quantitative estimate of drug-likeness (QED) is 0.565. The molecule has 8 nitrogen and oxygen atoms in total. The number of aromatic nitrogens is 2. The minimum absolute atomic E-state index is 0.0450. The molecule has 0 aliphatic heterocycles. The summed E-state index contributed by atoms with van der Waals surface area (Å²) >= 11 is 0. The highest BCUT2D eigenvalue weighted by Gasteiger charge is 2.15. The lowest BCUT2D eigenvalue weighted by atomic mass is 10.2. The highest BCUT2D eigenvalue weighted by Crippen LogP contribution is 2.12. The van der Waals surface area contributed by atoms with Gasteiger partial charge in [-0.05, 0) is 24.3 Å². The second kappa shape index (κ2) is 5.34. The van der Waals surface area contributed by atoms with Crippen LogP contribution >= 0.6 is 0 Å². The Kier molecular flexibility index (Phi) is 3.34. The molecular formula is C15H9N3O5. The second-order valence-corrected chi connectivity index (χ2v) is 4.74. The molecule has 2 aromatic carbocycles. The lowest BCUT2D eigenvalue weighted by Crippen LogP contribution is -2.34. The van der Waals surface area contributed by atoms with Crippen molar-refractivity contribution in [2.75, 3.05) is 0 Å². The van der Waals surface area contributed by atoms with Crippen LogP contribution in [-0.2, 0) is 0 Å². The Hall–Kier alpha value is -3.55. The summed E-state index contributed by atoms with van der Waals surface area (Å²) in [6.07, 6.45) is 0. The molecule has 0 fully saturated rings. The molecule has 0 spiro atoms. The number of non-ortho nitro benzene ring substituents is 1. The van der Waals surface area contributed by atoms with Crippen LogP contribution in [0.2, 0.25) is 0 Å². The van der Waals surface area contributed by atoms with Crippen molar-refractivity contribution in [1.82, 2.24) is 9.78 Å². The molecule has 8 heteroatoms. The molecule has 114 valence electrons. The Labute approximate surface area is 127 Å². The van der Waals surface area contributed by atoms with Crippen molar-refractivity contribution in [2.45, 2.75) is 0 Å². The summed E-state index contributed by atoms with van der Waals surface area (Å²) in [4.78, 5) is 46.7. The smallest absolute Gasteiger partial charge is 0.267 e. The fourth-order valence-electron chi connectivity index (χ4n) is 2.20. The topological polar surface area (TPSA) is 115 Å². The number of nitrogens with one attached hydrogen (secondary N) is 1. The van der Waals surface area contributed by atoms with Gasteiger partial charge in [-0.1, -0.05) is 12.1 Å². The zero-order valence-corrected chi connectivity index (χ0v) is 11.6. The molecule has 0 unspecified atom stereocenters. The van der Waals surface area contributed by atoms with Gasteiger partial charge in [0.25, 0.3) is 22.7 Å². The number of nitro benzene ring substituents is 1. The van der Waals surface area contributed by atoms with Crippen LogP contribution in [0, 0.1) is 10.1 Å². The number of aromatic amines is 1. The fourth-order valence-corrected chi connectivity index (χ4v) is 2.20. The first-order valence-electron chi connectivity index (χ1n) is 6.52. The average Bonchev–Trinajstić information content (AvgIpc) is 2.57. The Morgan fingerprint density at radius 1 is 1.00 bits per heavy atom. The minimum atomic E-state index is -0.771. The van der Waals surface area contributed by atoms with E-state index >= 15 is 0 Å². The van der Waals surface area contributed by atoms with Gasteiger partial charge in [0, 0.05) is 17.7 Å². The summed E-state index contributed by atoms with van der Waals surface area (Å²) in [5, 5.41) is 13.1. The van der Waals surface area contributed by atoms with E-state index in [0.29, 0.717) is 4.68 Å². The number of nitrogens with zero attached hydrogens (tertiary/aromatic N) is 2. The Morgan fingerprint density at radius 2 is 1.61 bits per heavy atom. The van der Waals surface area contributed by atoms with Crippen molar-refractivity contribution in [2.24, 2.45) is 0 Å². The molecular weight excluding hydrogens is 302 g/mol. The molecule has 0 atom stereocenters. The number of H-pyrrole nitrogens is 1. The van der Waals surface area contributed by atoms with E-state index in [4.69, 9.17) is 0 Å². The highest BCUT2D eigenvalue weighted by atomic mass is 16.6. The standard InChI is InChI=1S/C15H9N3O5/c19-13-11-3-1-2-4-12(11)15(21)17(16-13)14(20)9-5-7-10(8-6-9)18(22)23/h1-8H,(H,16,19). The maximum Gasteiger partial charge on any atom is 0.280 e. The molecule has 1 N–H and O–H groups in total. The minimum Gasteiger partial charge on any atom is -0.267 e. The predicted octanol–water partition coefficient (Wildman–Crippen LogP) is 1.29. The Balaban J connectivity index is 2.15. The van der Waals surface area contributed by atoms with Crippen molar-refractivity contribution in [3.8, 4) is 0 Å². The number of fused-ring (bicyclic) bond motifs is 1. The first kappa shape index (κ1) is 14.4. The van der Waals surface area contributed by atoms with E-state index in [9.17, 15) is 24.5 Å². The first-order valence-corrected chi connectivity index (χ1v) is 6.52. The molecule has 3 rings (SSSR count). The van der Waals surface area contributed by atoms with Crippen molar-refractivity contribution >= 4 is 22.4 Å². The average molecular weight is 311 g/mol. The van der Waals surface area contributed by atoms with Crippen LogP contribution in [0.3, 0.4) is 0 Å². The van der Waals surface area contributed by atoms with Crippen LogP contribution < -0.4 is 11.1 Å². The van der Waals surface area contributed by atoms with Gasteiger partial charge in [0.2, 0.25) is 0 Å². The number of carbonyl (C=O) groups is 1. The third-order valence-corrected chi connectivity index (χ3v) is 3.35. The van der Waals surface area contributed by atoms with Gasteiger partial charge in [-0.15, -0.1) is 0 Å². The van der Waals surface area contributed by atoms with Gasteiger partial charge in [0.15, 0.2) is 0 Å². The van der Waals surface area contributed by atoms with Crippen LogP contribution in [0.5, 0.6) is 0 Å². The van der Waals surface area contributed by atoms with Crippen molar-refractivity contribution in [3.05, 3.63) is 84.9 Å². The first-order chi connectivity index (χ1) is 11.0. The molecule has 0 saturated heterocycles. The van der Waals surface area contributed by atoms with Crippen LogP contribution in [-0.4, -0.2) is 20.6 Å². The van der Waals surface area contributed by atoms with Crippen molar-refractivity contribution in [1.29, 1.82) is 0 Å². The largest absolute Gasteiger partial charge is 0.280 e. The lowest BCUT2D eigenvalue weighted by Gasteiger charge is -2.05. The highest BCUT2D eigenvalue weighted by molar-refractivity contribution is 5.96. The molecule has 0 radical (unpaired) electrons.